The van der Waals surface area contributed by atoms with Crippen LogP contribution in [-0.4, -0.2) is 100 Å². The fraction of sp³-hybridized carbons (Fsp3) is 0.364. The molecule has 0 spiro atoms. The lowest BCUT2D eigenvalue weighted by atomic mass is 9.96. The first-order valence-electron chi connectivity index (χ1n) is 15.1. The predicted molar refractivity (Wildman–Crippen MR) is 173 cm³/mol. The molecule has 0 radical (unpaired) electrons. The van der Waals surface area contributed by atoms with Crippen molar-refractivity contribution >= 4 is 40.7 Å². The van der Waals surface area contributed by atoms with E-state index in [4.69, 9.17) is 20.4 Å². The van der Waals surface area contributed by atoms with Crippen LogP contribution in [0.5, 0.6) is 0 Å². The van der Waals surface area contributed by atoms with E-state index < -0.39 is 36.4 Å². The molecule has 47 heavy (non-hydrogen) atoms. The molecule has 3 heterocycles. The van der Waals surface area contributed by atoms with Crippen LogP contribution in [0.15, 0.2) is 79.5 Å². The van der Waals surface area contributed by atoms with Gasteiger partial charge in [0, 0.05) is 37.8 Å². The number of carboxylic acids is 3. The van der Waals surface area contributed by atoms with Gasteiger partial charge in [0.2, 0.25) is 5.91 Å². The Hall–Kier alpha value is -5.21. The summed E-state index contributed by atoms with van der Waals surface area (Å²) in [5, 5.41) is 33.8. The molecule has 4 aromatic rings. The summed E-state index contributed by atoms with van der Waals surface area (Å²) >= 11 is 0. The molecule has 1 aliphatic rings. The Kier molecular flexibility index (Phi) is 13.9. The van der Waals surface area contributed by atoms with Crippen molar-refractivity contribution in [1.29, 1.82) is 0 Å². The molecule has 1 fully saturated rings. The molecule has 0 aliphatic carbocycles. The third-order valence-corrected chi connectivity index (χ3v) is 7.47. The quantitative estimate of drug-likeness (QED) is 0.159. The zero-order chi connectivity index (χ0) is 34.2. The summed E-state index contributed by atoms with van der Waals surface area (Å²) in [6.07, 6.45) is 6.23. The number of para-hydroxylation sites is 1. The number of carbonyl (C=O) groups is 4. The van der Waals surface area contributed by atoms with Crippen LogP contribution >= 0.6 is 0 Å². The first kappa shape index (κ1) is 36.3. The van der Waals surface area contributed by atoms with E-state index in [2.05, 4.69) is 67.3 Å². The zero-order valence-electron chi connectivity index (χ0n) is 26.1. The number of H-pyrrole nitrogens is 1. The van der Waals surface area contributed by atoms with Crippen LogP contribution < -0.4 is 4.90 Å². The van der Waals surface area contributed by atoms with Crippen LogP contribution in [-0.2, 0) is 25.6 Å². The van der Waals surface area contributed by atoms with E-state index in [-0.39, 0.29) is 5.91 Å². The average molecular weight is 649 g/mol. The Balaban J connectivity index is 0.000000226. The van der Waals surface area contributed by atoms with Gasteiger partial charge in [-0.05, 0) is 37.0 Å². The Labute approximate surface area is 271 Å². The Morgan fingerprint density at radius 1 is 0.915 bits per heavy atom. The predicted octanol–water partition coefficient (Wildman–Crippen LogP) is 3.24. The number of imidazole rings is 1. The van der Waals surface area contributed by atoms with E-state index in [9.17, 15) is 19.2 Å². The Morgan fingerprint density at radius 3 is 2.04 bits per heavy atom. The largest absolute Gasteiger partial charge is 0.481 e. The van der Waals surface area contributed by atoms with Gasteiger partial charge in [0.1, 0.15) is 11.8 Å². The molecule has 14 heteroatoms. The van der Waals surface area contributed by atoms with Crippen LogP contribution in [0.3, 0.4) is 0 Å². The third kappa shape index (κ3) is 11.6. The second kappa shape index (κ2) is 18.1. The molecule has 250 valence electrons. The summed E-state index contributed by atoms with van der Waals surface area (Å²) in [5.74, 6) is -4.79. The van der Waals surface area contributed by atoms with Crippen molar-refractivity contribution in [3.05, 3.63) is 85.1 Å². The lowest BCUT2D eigenvalue weighted by Gasteiger charge is -2.38. The molecule has 0 saturated carbocycles. The van der Waals surface area contributed by atoms with Gasteiger partial charge in [-0.2, -0.15) is 0 Å². The van der Waals surface area contributed by atoms with Gasteiger partial charge in [-0.3, -0.25) is 14.4 Å². The molecule has 0 atom stereocenters. The summed E-state index contributed by atoms with van der Waals surface area (Å²) in [7, 11) is 0. The summed E-state index contributed by atoms with van der Waals surface area (Å²) < 4.78 is 0. The second-order valence-corrected chi connectivity index (χ2v) is 10.9. The number of aromatic nitrogens is 4. The van der Waals surface area contributed by atoms with Crippen molar-refractivity contribution in [2.75, 3.05) is 24.5 Å². The van der Waals surface area contributed by atoms with Crippen molar-refractivity contribution in [1.82, 2.24) is 24.8 Å². The van der Waals surface area contributed by atoms with E-state index in [1.165, 1.54) is 11.9 Å². The fourth-order valence-electron chi connectivity index (χ4n) is 5.06. The van der Waals surface area contributed by atoms with Gasteiger partial charge in [-0.25, -0.2) is 19.7 Å². The van der Waals surface area contributed by atoms with Crippen LogP contribution in [0.1, 0.15) is 44.6 Å². The normalized spacial score (nSPS) is 13.4. The number of nitrogens with one attached hydrogen (secondary N) is 1. The van der Waals surface area contributed by atoms with Crippen LogP contribution in [0, 0.1) is 0 Å². The molecule has 5 rings (SSSR count). The van der Waals surface area contributed by atoms with Crippen molar-refractivity contribution in [2.45, 2.75) is 57.1 Å². The average Bonchev–Trinajstić information content (AvgIpc) is 3.54. The summed E-state index contributed by atoms with van der Waals surface area (Å²) in [6, 6.07) is 21.1. The maximum atomic E-state index is 12.5. The maximum Gasteiger partial charge on any atom is 0.336 e. The van der Waals surface area contributed by atoms with Crippen LogP contribution in [0.4, 0.5) is 5.69 Å². The number of likely N-dealkylation sites (tertiary alicyclic amines) is 1. The second-order valence-electron chi connectivity index (χ2n) is 10.9. The van der Waals surface area contributed by atoms with Gasteiger partial charge >= 0.3 is 17.9 Å². The number of nitrogens with zero attached hydrogens (tertiary/aromatic N) is 5. The topological polar surface area (TPSA) is 210 Å². The first-order valence-corrected chi connectivity index (χ1v) is 15.1. The fourth-order valence-corrected chi connectivity index (χ4v) is 5.06. The molecule has 0 bridgehead atoms. The Morgan fingerprint density at radius 2 is 1.51 bits per heavy atom. The molecule has 14 nitrogen and oxygen atoms in total. The van der Waals surface area contributed by atoms with Crippen molar-refractivity contribution < 1.29 is 39.6 Å². The van der Waals surface area contributed by atoms with E-state index in [1.807, 2.05) is 30.0 Å². The standard InChI is InChI=1S/C22H28N2O.C6H8O7.C5H4N4/c1-2-22(25)24(20-11-7-4-8-12-20)21-14-17-23(18-15-21)16-13-19-9-5-3-6-10-19;7-3(8)1-6(13,5(11)12)2-4(9)10;1-4-5(8-2-6-1)9-3-7-4/h3-12,21H,2,13-18H2,1H3;13H,1-2H2,(H,7,8)(H,9,10)(H,11,12);1-3H,(H,6,7,8,9). The highest BCUT2D eigenvalue weighted by molar-refractivity contribution is 5.93. The number of aliphatic carboxylic acids is 3. The minimum Gasteiger partial charge on any atom is -0.481 e. The lowest BCUT2D eigenvalue weighted by Crippen LogP contribution is -2.47. The monoisotopic (exact) mass is 648 g/mol. The smallest absolute Gasteiger partial charge is 0.336 e. The number of hydrogen-bond donors (Lipinski definition) is 5. The summed E-state index contributed by atoms with van der Waals surface area (Å²) in [6.45, 7) is 5.19. The number of hydrogen-bond acceptors (Lipinski definition) is 9. The number of carbonyl (C=O) groups excluding carboxylic acids is 1. The SMILES string of the molecule is CCC(=O)N(c1ccccc1)C1CCN(CCc2ccccc2)CC1.O=C(O)CC(O)(CC(=O)O)C(=O)O.c1ncc2[nH]cnc2n1. The van der Waals surface area contributed by atoms with Gasteiger partial charge in [0.15, 0.2) is 11.2 Å². The summed E-state index contributed by atoms with van der Waals surface area (Å²) in [5.41, 5.74) is 1.29. The van der Waals surface area contributed by atoms with Crippen molar-refractivity contribution in [3.8, 4) is 0 Å². The summed E-state index contributed by atoms with van der Waals surface area (Å²) in [4.78, 5) is 62.1. The molecular weight excluding hydrogens is 608 g/mol. The van der Waals surface area contributed by atoms with E-state index in [0.717, 1.165) is 50.1 Å². The van der Waals surface area contributed by atoms with Crippen LogP contribution in [0.25, 0.3) is 11.2 Å². The molecule has 1 aliphatic heterocycles. The number of fused-ring (bicyclic) bond motifs is 1. The minimum atomic E-state index is -2.74. The number of rotatable bonds is 11. The number of piperidine rings is 1. The van der Waals surface area contributed by atoms with Gasteiger partial charge in [-0.15, -0.1) is 0 Å². The molecule has 0 unspecified atom stereocenters. The zero-order valence-corrected chi connectivity index (χ0v) is 26.1. The molecular formula is C33H40N6O8. The molecule has 2 aromatic heterocycles. The molecule has 2 aromatic carbocycles. The first-order chi connectivity index (χ1) is 22.5. The third-order valence-electron chi connectivity index (χ3n) is 7.47. The molecule has 1 amide bonds. The number of anilines is 1. The molecule has 1 saturated heterocycles. The number of carboxylic acid groups (broad SMARTS) is 3. The van der Waals surface area contributed by atoms with Gasteiger partial charge in [-0.1, -0.05) is 55.5 Å². The Bertz CT molecular complexity index is 1530. The molecule has 5 N–H and O–H groups in total. The van der Waals surface area contributed by atoms with E-state index in [0.29, 0.717) is 18.1 Å². The number of aliphatic hydroxyl groups is 1. The highest BCUT2D eigenvalue weighted by atomic mass is 16.4. The number of benzene rings is 2. The van der Waals surface area contributed by atoms with Gasteiger partial charge < -0.3 is 35.2 Å². The van der Waals surface area contributed by atoms with Crippen LogP contribution in [0.2, 0.25) is 0 Å². The van der Waals surface area contributed by atoms with E-state index in [1.54, 1.807) is 12.5 Å². The maximum absolute atomic E-state index is 12.5. The number of amides is 1. The van der Waals surface area contributed by atoms with Gasteiger partial charge in [0.25, 0.3) is 0 Å². The highest BCUT2D eigenvalue weighted by Gasteiger charge is 2.40. The van der Waals surface area contributed by atoms with Gasteiger partial charge in [0.05, 0.1) is 25.4 Å². The number of aromatic amines is 1. The van der Waals surface area contributed by atoms with E-state index >= 15 is 0 Å². The lowest BCUT2D eigenvalue weighted by molar-refractivity contribution is -0.170. The van der Waals surface area contributed by atoms with Crippen molar-refractivity contribution in [2.24, 2.45) is 0 Å². The minimum absolute atomic E-state index is 0.230. The van der Waals surface area contributed by atoms with Crippen molar-refractivity contribution in [3.63, 3.8) is 0 Å². The highest BCUT2D eigenvalue weighted by Crippen LogP contribution is 2.25.